The lowest BCUT2D eigenvalue weighted by atomic mass is 9.74. The highest BCUT2D eigenvalue weighted by Gasteiger charge is 2.38. The third kappa shape index (κ3) is 5.21. The third-order valence-corrected chi connectivity index (χ3v) is 8.65. The van der Waals surface area contributed by atoms with Crippen molar-refractivity contribution in [3.63, 3.8) is 0 Å². The quantitative estimate of drug-likeness (QED) is 0.656. The molecule has 2 fully saturated rings. The molecular formula is C24H36N4O2S. The fraction of sp³-hybridized carbons (Fsp3) is 0.625. The van der Waals surface area contributed by atoms with Crippen molar-refractivity contribution in [1.29, 1.82) is 0 Å². The van der Waals surface area contributed by atoms with Crippen molar-refractivity contribution in [1.82, 2.24) is 19.4 Å². The fourth-order valence-corrected chi connectivity index (χ4v) is 6.50. The Labute approximate surface area is 187 Å². The molecule has 1 aromatic heterocycles. The van der Waals surface area contributed by atoms with E-state index in [2.05, 4.69) is 34.0 Å². The molecular weight excluding hydrogens is 408 g/mol. The Kier molecular flexibility index (Phi) is 6.84. The first-order valence-corrected chi connectivity index (χ1v) is 13.3. The molecule has 2 aliphatic heterocycles. The van der Waals surface area contributed by atoms with E-state index in [0.717, 1.165) is 31.7 Å². The van der Waals surface area contributed by atoms with Gasteiger partial charge < -0.3 is 9.47 Å². The number of piperidine rings is 2. The van der Waals surface area contributed by atoms with Crippen LogP contribution in [-0.4, -0.2) is 66.7 Å². The van der Waals surface area contributed by atoms with Crippen LogP contribution in [-0.2, 0) is 29.3 Å². The number of rotatable bonds is 7. The van der Waals surface area contributed by atoms with E-state index in [9.17, 15) is 8.42 Å². The van der Waals surface area contributed by atoms with E-state index in [0.29, 0.717) is 12.0 Å². The molecule has 4 rings (SSSR count). The van der Waals surface area contributed by atoms with Crippen molar-refractivity contribution in [2.24, 2.45) is 5.41 Å². The van der Waals surface area contributed by atoms with Crippen molar-refractivity contribution in [2.75, 3.05) is 39.0 Å². The standard InChI is InChI=1S/C24H36N4O2S/c1-3-31(29,30)23-25-17-22(28(23)16-11-21-9-5-4-6-10-21)18-27-15-8-13-24(20-27)12-7-14-26(2)19-24/h4-6,9-10,17H,3,7-8,11-16,18-20H2,1-2H3/t24-/m1/s1. The highest BCUT2D eigenvalue weighted by molar-refractivity contribution is 7.91. The maximum absolute atomic E-state index is 12.7. The summed E-state index contributed by atoms with van der Waals surface area (Å²) in [6.45, 7) is 7.64. The van der Waals surface area contributed by atoms with E-state index in [4.69, 9.17) is 0 Å². The van der Waals surface area contributed by atoms with Gasteiger partial charge in [-0.15, -0.1) is 0 Å². The number of aryl methyl sites for hydroxylation is 1. The zero-order valence-corrected chi connectivity index (χ0v) is 19.8. The van der Waals surface area contributed by atoms with Gasteiger partial charge in [0.05, 0.1) is 17.6 Å². The van der Waals surface area contributed by atoms with Gasteiger partial charge in [0, 0.05) is 26.2 Å². The summed E-state index contributed by atoms with van der Waals surface area (Å²) in [5.74, 6) is 0.0773. The summed E-state index contributed by atoms with van der Waals surface area (Å²) in [4.78, 5) is 9.40. The van der Waals surface area contributed by atoms with Gasteiger partial charge in [-0.25, -0.2) is 13.4 Å². The van der Waals surface area contributed by atoms with Crippen LogP contribution in [0.1, 0.15) is 43.9 Å². The van der Waals surface area contributed by atoms with E-state index in [-0.39, 0.29) is 10.9 Å². The van der Waals surface area contributed by atoms with Crippen LogP contribution in [0.4, 0.5) is 0 Å². The number of benzene rings is 1. The first-order chi connectivity index (χ1) is 14.9. The fourth-order valence-electron chi connectivity index (χ4n) is 5.48. The van der Waals surface area contributed by atoms with Gasteiger partial charge >= 0.3 is 0 Å². The summed E-state index contributed by atoms with van der Waals surface area (Å²) >= 11 is 0. The van der Waals surface area contributed by atoms with Crippen molar-refractivity contribution >= 4 is 9.84 Å². The molecule has 2 aromatic rings. The predicted molar refractivity (Wildman–Crippen MR) is 124 cm³/mol. The smallest absolute Gasteiger partial charge is 0.227 e. The Morgan fingerprint density at radius 3 is 2.52 bits per heavy atom. The molecule has 2 aliphatic rings. The van der Waals surface area contributed by atoms with Crippen LogP contribution < -0.4 is 0 Å². The monoisotopic (exact) mass is 444 g/mol. The molecule has 0 radical (unpaired) electrons. The molecule has 2 saturated heterocycles. The Hall–Kier alpha value is -1.70. The average Bonchev–Trinajstić information content (AvgIpc) is 3.16. The predicted octanol–water partition coefficient (Wildman–Crippen LogP) is 3.23. The number of hydrogen-bond acceptors (Lipinski definition) is 5. The number of likely N-dealkylation sites (tertiary alicyclic amines) is 2. The second-order valence-corrected chi connectivity index (χ2v) is 11.7. The second-order valence-electron chi connectivity index (χ2n) is 9.48. The van der Waals surface area contributed by atoms with Gasteiger partial charge in [0.25, 0.3) is 0 Å². The molecule has 0 saturated carbocycles. The summed E-state index contributed by atoms with van der Waals surface area (Å²) in [6, 6.07) is 10.3. The number of hydrogen-bond donors (Lipinski definition) is 0. The van der Waals surface area contributed by atoms with Crippen LogP contribution in [0.5, 0.6) is 0 Å². The number of imidazole rings is 1. The Morgan fingerprint density at radius 1 is 1.06 bits per heavy atom. The SMILES string of the molecule is CCS(=O)(=O)c1ncc(CN2CCC[C@@]3(CCCN(C)C3)C2)n1CCc1ccccc1. The first kappa shape index (κ1) is 22.5. The van der Waals surface area contributed by atoms with Crippen molar-refractivity contribution < 1.29 is 8.42 Å². The van der Waals surface area contributed by atoms with Gasteiger partial charge in [0.1, 0.15) is 0 Å². The molecule has 0 N–H and O–H groups in total. The maximum Gasteiger partial charge on any atom is 0.227 e. The van der Waals surface area contributed by atoms with Crippen molar-refractivity contribution in [2.45, 2.75) is 57.3 Å². The minimum atomic E-state index is -3.36. The minimum absolute atomic E-state index is 0.0773. The van der Waals surface area contributed by atoms with Crippen molar-refractivity contribution in [3.8, 4) is 0 Å². The molecule has 170 valence electrons. The normalized spacial score (nSPS) is 23.4. The summed E-state index contributed by atoms with van der Waals surface area (Å²) in [6.07, 6.45) is 7.68. The summed E-state index contributed by atoms with van der Waals surface area (Å²) in [5.41, 5.74) is 2.62. The van der Waals surface area contributed by atoms with E-state index in [1.807, 2.05) is 22.8 Å². The summed E-state index contributed by atoms with van der Waals surface area (Å²) in [7, 11) is -1.12. The molecule has 3 heterocycles. The van der Waals surface area contributed by atoms with Gasteiger partial charge in [-0.1, -0.05) is 37.3 Å². The molecule has 0 amide bonds. The van der Waals surface area contributed by atoms with E-state index in [1.165, 1.54) is 44.3 Å². The highest BCUT2D eigenvalue weighted by atomic mass is 32.2. The van der Waals surface area contributed by atoms with Crippen molar-refractivity contribution in [3.05, 3.63) is 47.8 Å². The Balaban J connectivity index is 1.54. The molecule has 1 spiro atoms. The first-order valence-electron chi connectivity index (χ1n) is 11.6. The van der Waals surface area contributed by atoms with Crippen LogP contribution in [0.25, 0.3) is 0 Å². The van der Waals surface area contributed by atoms with E-state index in [1.54, 1.807) is 13.1 Å². The lowest BCUT2D eigenvalue weighted by Gasteiger charge is -2.47. The van der Waals surface area contributed by atoms with Crippen LogP contribution in [0.3, 0.4) is 0 Å². The number of sulfone groups is 1. The Morgan fingerprint density at radius 2 is 1.81 bits per heavy atom. The van der Waals surface area contributed by atoms with Crippen LogP contribution in [0, 0.1) is 5.41 Å². The highest BCUT2D eigenvalue weighted by Crippen LogP contribution is 2.38. The minimum Gasteiger partial charge on any atom is -0.317 e. The number of nitrogens with zero attached hydrogens (tertiary/aromatic N) is 4. The summed E-state index contributed by atoms with van der Waals surface area (Å²) in [5, 5.41) is 0.227. The van der Waals surface area contributed by atoms with E-state index >= 15 is 0 Å². The molecule has 0 aliphatic carbocycles. The largest absolute Gasteiger partial charge is 0.317 e. The second kappa shape index (κ2) is 9.43. The van der Waals surface area contributed by atoms with Gasteiger partial charge in [-0.2, -0.15) is 0 Å². The zero-order chi connectivity index (χ0) is 21.9. The Bertz CT molecular complexity index is 969. The van der Waals surface area contributed by atoms with Gasteiger partial charge in [0.2, 0.25) is 15.0 Å². The topological polar surface area (TPSA) is 58.4 Å². The lowest BCUT2D eigenvalue weighted by molar-refractivity contribution is 0.0188. The molecule has 1 atom stereocenters. The van der Waals surface area contributed by atoms with Gasteiger partial charge in [0.15, 0.2) is 0 Å². The maximum atomic E-state index is 12.7. The molecule has 7 heteroatoms. The molecule has 1 aromatic carbocycles. The zero-order valence-electron chi connectivity index (χ0n) is 19.0. The van der Waals surface area contributed by atoms with Gasteiger partial charge in [-0.3, -0.25) is 4.90 Å². The number of aromatic nitrogens is 2. The molecule has 6 nitrogen and oxygen atoms in total. The molecule has 0 unspecified atom stereocenters. The van der Waals surface area contributed by atoms with Gasteiger partial charge in [-0.05, 0) is 63.2 Å². The molecule has 0 bridgehead atoms. The molecule has 31 heavy (non-hydrogen) atoms. The third-order valence-electron chi connectivity index (χ3n) is 7.01. The average molecular weight is 445 g/mol. The summed E-state index contributed by atoms with van der Waals surface area (Å²) < 4.78 is 27.4. The van der Waals surface area contributed by atoms with Crippen LogP contribution in [0.2, 0.25) is 0 Å². The van der Waals surface area contributed by atoms with Crippen LogP contribution >= 0.6 is 0 Å². The van der Waals surface area contributed by atoms with E-state index < -0.39 is 9.84 Å². The lowest BCUT2D eigenvalue weighted by Crippen LogP contribution is -2.51. The van der Waals surface area contributed by atoms with Crippen LogP contribution in [0.15, 0.2) is 41.7 Å².